The maximum atomic E-state index is 11.7. The number of ether oxygens (including phenoxy) is 1. The van der Waals surface area contributed by atoms with E-state index in [1.165, 1.54) is 6.26 Å². The van der Waals surface area contributed by atoms with E-state index in [1.807, 2.05) is 12.1 Å². The van der Waals surface area contributed by atoms with Gasteiger partial charge >= 0.3 is 0 Å². The van der Waals surface area contributed by atoms with Gasteiger partial charge in [0.2, 0.25) is 0 Å². The van der Waals surface area contributed by atoms with Gasteiger partial charge in [-0.25, -0.2) is 8.42 Å². The van der Waals surface area contributed by atoms with E-state index in [1.54, 1.807) is 27.1 Å². The van der Waals surface area contributed by atoms with Crippen LogP contribution in [0.15, 0.2) is 28.1 Å². The Kier molecular flexibility index (Phi) is 10.1. The Bertz CT molecular complexity index is 713. The van der Waals surface area contributed by atoms with E-state index in [9.17, 15) is 8.42 Å². The molecule has 0 aliphatic carbocycles. The minimum absolute atomic E-state index is 0. The number of hydrogen-bond donors (Lipinski definition) is 2. The van der Waals surface area contributed by atoms with Gasteiger partial charge in [0, 0.05) is 33.5 Å². The van der Waals surface area contributed by atoms with Gasteiger partial charge < -0.3 is 15.4 Å². The summed E-state index contributed by atoms with van der Waals surface area (Å²) < 4.78 is 28.9. The van der Waals surface area contributed by atoms with Crippen LogP contribution in [0, 0.1) is 12.3 Å². The van der Waals surface area contributed by atoms with E-state index in [0.29, 0.717) is 23.9 Å². The van der Waals surface area contributed by atoms with E-state index in [2.05, 4.69) is 36.4 Å². The number of methoxy groups -OCH3 is 1. The first-order chi connectivity index (χ1) is 11.5. The highest BCUT2D eigenvalue weighted by Crippen LogP contribution is 2.21. The molecule has 0 spiro atoms. The first-order valence-corrected chi connectivity index (χ1v) is 10.1. The van der Waals surface area contributed by atoms with Crippen LogP contribution in [0.3, 0.4) is 0 Å². The molecule has 2 N–H and O–H groups in total. The Morgan fingerprint density at radius 1 is 1.27 bits per heavy atom. The Balaban J connectivity index is 0.00000625. The molecule has 1 aromatic carbocycles. The molecule has 0 radical (unpaired) electrons. The van der Waals surface area contributed by atoms with Crippen molar-refractivity contribution < 1.29 is 13.2 Å². The van der Waals surface area contributed by atoms with Crippen molar-refractivity contribution >= 4 is 39.8 Å². The number of nitrogens with one attached hydrogen (secondary N) is 2. The molecule has 0 aliphatic heterocycles. The molecule has 0 aliphatic rings. The monoisotopic (exact) mass is 497 g/mol. The van der Waals surface area contributed by atoms with E-state index < -0.39 is 9.84 Å². The van der Waals surface area contributed by atoms with Gasteiger partial charge in [-0.1, -0.05) is 32.9 Å². The summed E-state index contributed by atoms with van der Waals surface area (Å²) in [5.74, 6) is 0.677. The summed E-state index contributed by atoms with van der Waals surface area (Å²) >= 11 is 0. The molecule has 0 aromatic heterocycles. The third-order valence-electron chi connectivity index (χ3n) is 4.03. The third kappa shape index (κ3) is 7.79. The second-order valence-electron chi connectivity index (χ2n) is 7.27. The molecule has 1 atom stereocenters. The number of rotatable bonds is 6. The average Bonchev–Trinajstić information content (AvgIpc) is 2.48. The number of hydrogen-bond acceptors (Lipinski definition) is 4. The molecule has 8 heteroatoms. The molecule has 0 saturated carbocycles. The fourth-order valence-corrected chi connectivity index (χ4v) is 3.54. The lowest BCUT2D eigenvalue weighted by Crippen LogP contribution is -2.45. The van der Waals surface area contributed by atoms with E-state index in [-0.39, 0.29) is 35.5 Å². The fourth-order valence-electron chi connectivity index (χ4n) is 2.58. The summed E-state index contributed by atoms with van der Waals surface area (Å²) in [5, 5.41) is 6.50. The van der Waals surface area contributed by atoms with Crippen molar-refractivity contribution in [2.45, 2.75) is 45.2 Å². The van der Waals surface area contributed by atoms with Gasteiger partial charge in [-0.05, 0) is 29.5 Å². The van der Waals surface area contributed by atoms with Gasteiger partial charge in [0.1, 0.15) is 0 Å². The van der Waals surface area contributed by atoms with Crippen LogP contribution in [-0.4, -0.2) is 47.4 Å². The maximum absolute atomic E-state index is 11.7. The third-order valence-corrected chi connectivity index (χ3v) is 5.28. The summed E-state index contributed by atoms with van der Waals surface area (Å²) in [6, 6.07) is 5.35. The smallest absolute Gasteiger partial charge is 0.191 e. The molecule has 1 rings (SSSR count). The van der Waals surface area contributed by atoms with Gasteiger partial charge in [0.25, 0.3) is 0 Å². The van der Waals surface area contributed by atoms with Crippen LogP contribution >= 0.6 is 24.0 Å². The lowest BCUT2D eigenvalue weighted by Gasteiger charge is -2.30. The molecule has 26 heavy (non-hydrogen) atoms. The van der Waals surface area contributed by atoms with E-state index in [0.717, 1.165) is 11.1 Å². The van der Waals surface area contributed by atoms with Gasteiger partial charge in [-0.15, -0.1) is 24.0 Å². The van der Waals surface area contributed by atoms with Crippen molar-refractivity contribution in [3.05, 3.63) is 29.3 Å². The summed E-state index contributed by atoms with van der Waals surface area (Å²) in [5.41, 5.74) is 1.77. The second kappa shape index (κ2) is 10.5. The lowest BCUT2D eigenvalue weighted by molar-refractivity contribution is 0.0205. The molecule has 0 saturated heterocycles. The number of guanidine groups is 1. The number of aliphatic imine (C=N–C) groups is 1. The van der Waals surface area contributed by atoms with E-state index in [4.69, 9.17) is 4.74 Å². The summed E-state index contributed by atoms with van der Waals surface area (Å²) in [6.45, 7) is 9.39. The molecular formula is C18H32IN3O3S. The molecular weight excluding hydrogens is 465 g/mol. The predicted octanol–water partition coefficient (Wildman–Crippen LogP) is 2.74. The van der Waals surface area contributed by atoms with Crippen LogP contribution in [-0.2, 0) is 21.1 Å². The van der Waals surface area contributed by atoms with Crippen LogP contribution < -0.4 is 10.6 Å². The van der Waals surface area contributed by atoms with Crippen LogP contribution in [0.1, 0.15) is 31.9 Å². The normalized spacial score (nSPS) is 13.7. The average molecular weight is 497 g/mol. The predicted molar refractivity (Wildman–Crippen MR) is 118 cm³/mol. The second-order valence-corrected chi connectivity index (χ2v) is 9.25. The maximum Gasteiger partial charge on any atom is 0.191 e. The quantitative estimate of drug-likeness (QED) is 0.359. The Hall–Kier alpha value is -0.870. The Labute approximate surface area is 175 Å². The molecule has 150 valence electrons. The van der Waals surface area contributed by atoms with Crippen LogP contribution in [0.4, 0.5) is 0 Å². The van der Waals surface area contributed by atoms with Crippen molar-refractivity contribution in [2.24, 2.45) is 10.4 Å². The number of benzene rings is 1. The first kappa shape index (κ1) is 25.1. The van der Waals surface area contributed by atoms with Gasteiger partial charge in [-0.2, -0.15) is 0 Å². The van der Waals surface area contributed by atoms with Gasteiger partial charge in [0.05, 0.1) is 11.0 Å². The number of halogens is 1. The molecule has 0 heterocycles. The molecule has 6 nitrogen and oxygen atoms in total. The van der Waals surface area contributed by atoms with Crippen LogP contribution in [0.5, 0.6) is 0 Å². The standard InChI is InChI=1S/C18H31N3O3S.HI/c1-13-10-14(8-9-15(13)25(7,22)23)11-20-17(19-5)21-12-16(24-6)18(2,3)4;/h8-10,16H,11-12H2,1-7H3,(H2,19,20,21);1H. The van der Waals surface area contributed by atoms with E-state index >= 15 is 0 Å². The summed E-state index contributed by atoms with van der Waals surface area (Å²) in [7, 11) is 0.231. The fraction of sp³-hybridized carbons (Fsp3) is 0.611. The molecule has 0 fully saturated rings. The zero-order valence-corrected chi connectivity index (χ0v) is 19.9. The topological polar surface area (TPSA) is 79.8 Å². The van der Waals surface area contributed by atoms with Gasteiger partial charge in [-0.3, -0.25) is 4.99 Å². The van der Waals surface area contributed by atoms with Gasteiger partial charge in [0.15, 0.2) is 15.8 Å². The van der Waals surface area contributed by atoms with Crippen LogP contribution in [0.2, 0.25) is 0 Å². The van der Waals surface area contributed by atoms with Crippen LogP contribution in [0.25, 0.3) is 0 Å². The number of aryl methyl sites for hydroxylation is 1. The number of sulfone groups is 1. The molecule has 1 aromatic rings. The summed E-state index contributed by atoms with van der Waals surface area (Å²) in [6.07, 6.45) is 1.28. The zero-order chi connectivity index (χ0) is 19.3. The minimum Gasteiger partial charge on any atom is -0.379 e. The highest BCUT2D eigenvalue weighted by Gasteiger charge is 2.24. The SMILES string of the molecule is CN=C(NCc1ccc(S(C)(=O)=O)c(C)c1)NCC(OC)C(C)(C)C.I. The Morgan fingerprint density at radius 2 is 1.88 bits per heavy atom. The van der Waals surface area contributed by atoms with Crippen molar-refractivity contribution in [3.8, 4) is 0 Å². The van der Waals surface area contributed by atoms with Crippen molar-refractivity contribution in [2.75, 3.05) is 27.0 Å². The highest BCUT2D eigenvalue weighted by atomic mass is 127. The Morgan fingerprint density at radius 3 is 2.31 bits per heavy atom. The largest absolute Gasteiger partial charge is 0.379 e. The first-order valence-electron chi connectivity index (χ1n) is 8.26. The van der Waals surface area contributed by atoms with Crippen molar-refractivity contribution in [3.63, 3.8) is 0 Å². The summed E-state index contributed by atoms with van der Waals surface area (Å²) in [4.78, 5) is 4.58. The minimum atomic E-state index is -3.19. The molecule has 0 amide bonds. The lowest BCUT2D eigenvalue weighted by atomic mass is 9.89. The highest BCUT2D eigenvalue weighted by molar-refractivity contribution is 14.0. The molecule has 1 unspecified atom stereocenters. The zero-order valence-electron chi connectivity index (χ0n) is 16.7. The van der Waals surface area contributed by atoms with Crippen molar-refractivity contribution in [1.82, 2.24) is 10.6 Å². The number of nitrogens with zero attached hydrogens (tertiary/aromatic N) is 1. The molecule has 0 bridgehead atoms. The van der Waals surface area contributed by atoms with Crippen molar-refractivity contribution in [1.29, 1.82) is 0 Å².